The Kier molecular flexibility index (Phi) is 4.78. The fourth-order valence-electron chi connectivity index (χ4n) is 3.05. The molecule has 26 heavy (non-hydrogen) atoms. The molecule has 0 aliphatic carbocycles. The largest absolute Gasteiger partial charge is 0.493 e. The number of piperazine rings is 1. The van der Waals surface area contributed by atoms with Crippen LogP contribution in [0.25, 0.3) is 10.9 Å². The molecule has 1 aromatic carbocycles. The van der Waals surface area contributed by atoms with Crippen LogP contribution in [0, 0.1) is 0 Å². The van der Waals surface area contributed by atoms with E-state index in [-0.39, 0.29) is 0 Å². The maximum absolute atomic E-state index is 5.90. The average molecular weight is 355 g/mol. The monoisotopic (exact) mass is 355 g/mol. The van der Waals surface area contributed by atoms with Crippen molar-refractivity contribution in [2.24, 2.45) is 0 Å². The van der Waals surface area contributed by atoms with E-state index >= 15 is 0 Å². The summed E-state index contributed by atoms with van der Waals surface area (Å²) < 4.78 is 13.2. The molecule has 1 aliphatic rings. The van der Waals surface area contributed by atoms with Gasteiger partial charge in [-0.2, -0.15) is 0 Å². The molecule has 0 spiro atoms. The number of hydrogen-bond donors (Lipinski definition) is 1. The number of hydrogen-bond acceptors (Lipinski definition) is 8. The molecule has 1 aliphatic heterocycles. The lowest BCUT2D eigenvalue weighted by molar-refractivity contribution is 0.273. The van der Waals surface area contributed by atoms with Crippen LogP contribution in [0.1, 0.15) is 0 Å². The van der Waals surface area contributed by atoms with E-state index in [2.05, 4.69) is 30.5 Å². The number of nitrogens with one attached hydrogen (secondary N) is 1. The zero-order chi connectivity index (χ0) is 17.8. The topological polar surface area (TPSA) is 90.2 Å². The second-order valence-corrected chi connectivity index (χ2v) is 5.97. The highest BCUT2D eigenvalue weighted by atomic mass is 16.5. The van der Waals surface area contributed by atoms with E-state index in [1.165, 1.54) is 0 Å². The van der Waals surface area contributed by atoms with Gasteiger partial charge >= 0.3 is 0 Å². The molecule has 0 unspecified atom stereocenters. The van der Waals surface area contributed by atoms with Crippen molar-refractivity contribution in [1.82, 2.24) is 30.3 Å². The van der Waals surface area contributed by atoms with Gasteiger partial charge in [-0.3, -0.25) is 0 Å². The van der Waals surface area contributed by atoms with Gasteiger partial charge in [-0.15, -0.1) is 5.10 Å². The number of benzene rings is 1. The minimum Gasteiger partial charge on any atom is -0.493 e. The van der Waals surface area contributed by atoms with Crippen molar-refractivity contribution in [3.8, 4) is 11.5 Å². The van der Waals surface area contributed by atoms with Gasteiger partial charge in [-0.1, -0.05) is 5.21 Å². The molecule has 4 rings (SSSR count). The van der Waals surface area contributed by atoms with Crippen molar-refractivity contribution in [3.05, 3.63) is 30.9 Å². The zero-order valence-electron chi connectivity index (χ0n) is 14.6. The molecule has 0 saturated carbocycles. The standard InChI is InChI=1S/C17H21N7O2/c1-25-15-10-13-14(11-16(15)26-9-8-24-7-4-21-22-24)19-12-20-17(13)23-5-2-18-3-6-23/h4,7,10-12,18H,2-3,5-6,8-9H2,1H3. The van der Waals surface area contributed by atoms with Crippen LogP contribution in [0.2, 0.25) is 0 Å². The minimum absolute atomic E-state index is 0.459. The number of anilines is 1. The van der Waals surface area contributed by atoms with E-state index < -0.39 is 0 Å². The maximum atomic E-state index is 5.90. The SMILES string of the molecule is COc1cc2c(N3CCNCC3)ncnc2cc1OCCn1ccnn1. The van der Waals surface area contributed by atoms with Crippen LogP contribution < -0.4 is 19.7 Å². The van der Waals surface area contributed by atoms with Gasteiger partial charge in [-0.05, 0) is 6.07 Å². The average Bonchev–Trinajstić information content (AvgIpc) is 3.21. The molecular formula is C17H21N7O2. The molecule has 0 bridgehead atoms. The molecule has 1 fully saturated rings. The molecule has 3 aromatic rings. The van der Waals surface area contributed by atoms with Gasteiger partial charge in [0.25, 0.3) is 0 Å². The molecule has 1 saturated heterocycles. The Morgan fingerprint density at radius 2 is 2.04 bits per heavy atom. The summed E-state index contributed by atoms with van der Waals surface area (Å²) in [5, 5.41) is 12.0. The van der Waals surface area contributed by atoms with Crippen LogP contribution in [0.3, 0.4) is 0 Å². The Hall–Kier alpha value is -2.94. The molecule has 9 heteroatoms. The number of fused-ring (bicyclic) bond motifs is 1. The van der Waals surface area contributed by atoms with E-state index in [1.807, 2.05) is 12.1 Å². The van der Waals surface area contributed by atoms with Crippen LogP contribution >= 0.6 is 0 Å². The minimum atomic E-state index is 0.459. The first kappa shape index (κ1) is 16.5. The third-order valence-electron chi connectivity index (χ3n) is 4.37. The smallest absolute Gasteiger partial charge is 0.163 e. The van der Waals surface area contributed by atoms with Crippen LogP contribution in [0.5, 0.6) is 11.5 Å². The first-order valence-corrected chi connectivity index (χ1v) is 8.60. The van der Waals surface area contributed by atoms with Crippen LogP contribution in [0.4, 0.5) is 5.82 Å². The number of methoxy groups -OCH3 is 1. The molecule has 2 aromatic heterocycles. The van der Waals surface area contributed by atoms with E-state index in [9.17, 15) is 0 Å². The lowest BCUT2D eigenvalue weighted by atomic mass is 10.2. The fourth-order valence-corrected chi connectivity index (χ4v) is 3.05. The Labute approximate surface area is 150 Å². The molecular weight excluding hydrogens is 334 g/mol. The third kappa shape index (κ3) is 3.38. The lowest BCUT2D eigenvalue weighted by Gasteiger charge is -2.29. The Balaban J connectivity index is 1.60. The summed E-state index contributed by atoms with van der Waals surface area (Å²) in [6, 6.07) is 3.86. The second-order valence-electron chi connectivity index (χ2n) is 5.97. The second kappa shape index (κ2) is 7.52. The highest BCUT2D eigenvalue weighted by Gasteiger charge is 2.17. The summed E-state index contributed by atoms with van der Waals surface area (Å²) in [6.45, 7) is 4.81. The maximum Gasteiger partial charge on any atom is 0.163 e. The summed E-state index contributed by atoms with van der Waals surface area (Å²) >= 11 is 0. The molecule has 9 nitrogen and oxygen atoms in total. The number of ether oxygens (including phenoxy) is 2. The molecule has 1 N–H and O–H groups in total. The van der Waals surface area contributed by atoms with Crippen molar-refractivity contribution >= 4 is 16.7 Å². The van der Waals surface area contributed by atoms with Crippen molar-refractivity contribution in [2.45, 2.75) is 6.54 Å². The van der Waals surface area contributed by atoms with Crippen molar-refractivity contribution in [2.75, 3.05) is 44.8 Å². The van der Waals surface area contributed by atoms with E-state index in [0.29, 0.717) is 24.7 Å². The highest BCUT2D eigenvalue weighted by Crippen LogP contribution is 2.35. The van der Waals surface area contributed by atoms with E-state index in [4.69, 9.17) is 9.47 Å². The predicted octanol–water partition coefficient (Wildman–Crippen LogP) is 0.718. The van der Waals surface area contributed by atoms with Crippen LogP contribution in [-0.4, -0.2) is 64.9 Å². The van der Waals surface area contributed by atoms with Gasteiger partial charge in [0.05, 0.1) is 25.4 Å². The summed E-state index contributed by atoms with van der Waals surface area (Å²) in [4.78, 5) is 11.2. The van der Waals surface area contributed by atoms with Gasteiger partial charge in [0.1, 0.15) is 18.8 Å². The van der Waals surface area contributed by atoms with Crippen LogP contribution in [0.15, 0.2) is 30.9 Å². The van der Waals surface area contributed by atoms with Gasteiger partial charge in [-0.25, -0.2) is 14.6 Å². The summed E-state index contributed by atoms with van der Waals surface area (Å²) in [5.74, 6) is 2.26. The predicted molar refractivity (Wildman–Crippen MR) is 96.7 cm³/mol. The van der Waals surface area contributed by atoms with Gasteiger partial charge in [0.15, 0.2) is 11.5 Å². The number of rotatable bonds is 6. The lowest BCUT2D eigenvalue weighted by Crippen LogP contribution is -2.44. The Morgan fingerprint density at radius 3 is 2.81 bits per heavy atom. The normalized spacial score (nSPS) is 14.6. The summed E-state index contributed by atoms with van der Waals surface area (Å²) in [5.41, 5.74) is 0.838. The third-order valence-corrected chi connectivity index (χ3v) is 4.37. The molecule has 0 radical (unpaired) electrons. The Morgan fingerprint density at radius 1 is 1.15 bits per heavy atom. The Bertz CT molecular complexity index is 863. The van der Waals surface area contributed by atoms with Gasteiger partial charge in [0.2, 0.25) is 0 Å². The van der Waals surface area contributed by atoms with Crippen molar-refractivity contribution in [1.29, 1.82) is 0 Å². The summed E-state index contributed by atoms with van der Waals surface area (Å²) in [6.07, 6.45) is 5.05. The first-order chi connectivity index (χ1) is 12.8. The quantitative estimate of drug-likeness (QED) is 0.692. The zero-order valence-corrected chi connectivity index (χ0v) is 14.6. The number of nitrogens with zero attached hydrogens (tertiary/aromatic N) is 6. The molecule has 136 valence electrons. The van der Waals surface area contributed by atoms with Crippen molar-refractivity contribution in [3.63, 3.8) is 0 Å². The van der Waals surface area contributed by atoms with Gasteiger partial charge < -0.3 is 19.7 Å². The highest BCUT2D eigenvalue weighted by molar-refractivity contribution is 5.92. The van der Waals surface area contributed by atoms with E-state index in [1.54, 1.807) is 30.5 Å². The van der Waals surface area contributed by atoms with Gasteiger partial charge in [0, 0.05) is 43.8 Å². The van der Waals surface area contributed by atoms with Crippen LogP contribution in [-0.2, 0) is 6.54 Å². The molecule has 0 atom stereocenters. The first-order valence-electron chi connectivity index (χ1n) is 8.60. The fraction of sp³-hybridized carbons (Fsp3) is 0.412. The summed E-state index contributed by atoms with van der Waals surface area (Å²) in [7, 11) is 1.64. The van der Waals surface area contributed by atoms with Crippen molar-refractivity contribution < 1.29 is 9.47 Å². The molecule has 3 heterocycles. The number of aromatic nitrogens is 5. The molecule has 0 amide bonds. The van der Waals surface area contributed by atoms with E-state index in [0.717, 1.165) is 42.9 Å².